The van der Waals surface area contributed by atoms with Crippen molar-refractivity contribution >= 4 is 17.4 Å². The molecule has 82 valence electrons. The van der Waals surface area contributed by atoms with Crippen molar-refractivity contribution < 1.29 is 9.90 Å². The van der Waals surface area contributed by atoms with E-state index in [1.807, 2.05) is 13.8 Å². The summed E-state index contributed by atoms with van der Waals surface area (Å²) >= 11 is 0. The zero-order valence-corrected chi connectivity index (χ0v) is 8.74. The number of phenolic OH excluding ortho intramolecular Hbond substituents is 1. The quantitative estimate of drug-likeness (QED) is 0.439. The molecule has 0 aliphatic heterocycles. The molecule has 1 rings (SSSR count). The normalized spacial score (nSPS) is 10.1. The Bertz CT molecular complexity index is 364. The molecule has 0 saturated carbocycles. The molecular weight excluding hydrogens is 194 g/mol. The highest BCUT2D eigenvalue weighted by atomic mass is 16.3. The highest BCUT2D eigenvalue weighted by molar-refractivity contribution is 5.92. The molecular formula is C10H15N3O2. The smallest absolute Gasteiger partial charge is 0.319 e. The van der Waals surface area contributed by atoms with Crippen LogP contribution in [-0.4, -0.2) is 17.2 Å². The Balaban J connectivity index is 2.68. The lowest BCUT2D eigenvalue weighted by Gasteiger charge is -2.11. The number of hydrogen-bond acceptors (Lipinski definition) is 3. The molecule has 5 nitrogen and oxygen atoms in total. The molecule has 1 aromatic rings. The van der Waals surface area contributed by atoms with Crippen LogP contribution in [0.2, 0.25) is 0 Å². The van der Waals surface area contributed by atoms with Gasteiger partial charge in [-0.05, 0) is 26.0 Å². The molecule has 0 unspecified atom stereocenters. The Kier molecular flexibility index (Phi) is 3.38. The maximum Gasteiger partial charge on any atom is 0.319 e. The fourth-order valence-corrected chi connectivity index (χ4v) is 1.08. The summed E-state index contributed by atoms with van der Waals surface area (Å²) in [7, 11) is 0. The van der Waals surface area contributed by atoms with Gasteiger partial charge >= 0.3 is 6.03 Å². The van der Waals surface area contributed by atoms with Gasteiger partial charge in [0.2, 0.25) is 0 Å². The molecule has 0 saturated heterocycles. The van der Waals surface area contributed by atoms with E-state index in [2.05, 4.69) is 10.6 Å². The molecule has 0 radical (unpaired) electrons. The topological polar surface area (TPSA) is 87.4 Å². The second kappa shape index (κ2) is 4.54. The minimum absolute atomic E-state index is 0.0586. The summed E-state index contributed by atoms with van der Waals surface area (Å²) in [4.78, 5) is 11.3. The first-order valence-electron chi connectivity index (χ1n) is 4.65. The van der Waals surface area contributed by atoms with Crippen molar-refractivity contribution in [3.05, 3.63) is 18.2 Å². The first-order chi connectivity index (χ1) is 6.99. The van der Waals surface area contributed by atoms with Crippen molar-refractivity contribution in [2.24, 2.45) is 0 Å². The maximum atomic E-state index is 11.3. The lowest BCUT2D eigenvalue weighted by Crippen LogP contribution is -2.34. The number of aromatic hydroxyl groups is 1. The van der Waals surface area contributed by atoms with E-state index >= 15 is 0 Å². The van der Waals surface area contributed by atoms with Gasteiger partial charge in [0, 0.05) is 12.1 Å². The van der Waals surface area contributed by atoms with Crippen molar-refractivity contribution in [2.45, 2.75) is 19.9 Å². The van der Waals surface area contributed by atoms with E-state index in [4.69, 9.17) is 10.8 Å². The SMILES string of the molecule is CC(C)NC(=O)Nc1ccc(O)cc1N. The summed E-state index contributed by atoms with van der Waals surface area (Å²) in [6, 6.07) is 4.13. The predicted molar refractivity (Wildman–Crippen MR) is 59.8 cm³/mol. The molecule has 5 N–H and O–H groups in total. The van der Waals surface area contributed by atoms with Crippen LogP contribution in [0.4, 0.5) is 16.2 Å². The van der Waals surface area contributed by atoms with Gasteiger partial charge in [-0.3, -0.25) is 0 Å². The Morgan fingerprint density at radius 3 is 2.67 bits per heavy atom. The molecule has 15 heavy (non-hydrogen) atoms. The minimum atomic E-state index is -0.317. The van der Waals surface area contributed by atoms with Crippen LogP contribution >= 0.6 is 0 Å². The molecule has 0 aromatic heterocycles. The average molecular weight is 209 g/mol. The number of hydrogen-bond donors (Lipinski definition) is 4. The van der Waals surface area contributed by atoms with Crippen molar-refractivity contribution in [1.82, 2.24) is 5.32 Å². The van der Waals surface area contributed by atoms with Crippen LogP contribution in [0.3, 0.4) is 0 Å². The molecule has 5 heteroatoms. The molecule has 1 aromatic carbocycles. The second-order valence-corrected chi connectivity index (χ2v) is 3.52. The predicted octanol–water partition coefficient (Wildman–Crippen LogP) is 1.50. The van der Waals surface area contributed by atoms with E-state index in [0.29, 0.717) is 11.4 Å². The molecule has 0 heterocycles. The second-order valence-electron chi connectivity index (χ2n) is 3.52. The number of carbonyl (C=O) groups is 1. The zero-order chi connectivity index (χ0) is 11.4. The van der Waals surface area contributed by atoms with Gasteiger partial charge in [-0.25, -0.2) is 4.79 Å². The van der Waals surface area contributed by atoms with Crippen LogP contribution in [0.1, 0.15) is 13.8 Å². The van der Waals surface area contributed by atoms with Gasteiger partial charge in [0.1, 0.15) is 5.75 Å². The van der Waals surface area contributed by atoms with Gasteiger partial charge in [0.25, 0.3) is 0 Å². The molecule has 0 fully saturated rings. The van der Waals surface area contributed by atoms with Gasteiger partial charge < -0.3 is 21.5 Å². The molecule has 2 amide bonds. The lowest BCUT2D eigenvalue weighted by atomic mass is 10.2. The van der Waals surface area contributed by atoms with Gasteiger partial charge in [0.15, 0.2) is 0 Å². The third kappa shape index (κ3) is 3.38. The van der Waals surface area contributed by atoms with Gasteiger partial charge in [0.05, 0.1) is 11.4 Å². The van der Waals surface area contributed by atoms with Crippen molar-refractivity contribution in [3.8, 4) is 5.75 Å². The van der Waals surface area contributed by atoms with Gasteiger partial charge in [-0.15, -0.1) is 0 Å². The average Bonchev–Trinajstić information content (AvgIpc) is 2.08. The van der Waals surface area contributed by atoms with E-state index in [1.165, 1.54) is 12.1 Å². The number of carbonyl (C=O) groups excluding carboxylic acids is 1. The number of nitrogens with one attached hydrogen (secondary N) is 2. The summed E-state index contributed by atoms with van der Waals surface area (Å²) in [6.45, 7) is 3.72. The van der Waals surface area contributed by atoms with Crippen LogP contribution in [0.5, 0.6) is 5.75 Å². The Morgan fingerprint density at radius 2 is 2.13 bits per heavy atom. The monoisotopic (exact) mass is 209 g/mol. The number of urea groups is 1. The van der Waals surface area contributed by atoms with Crippen molar-refractivity contribution in [2.75, 3.05) is 11.1 Å². The number of benzene rings is 1. The molecule has 0 bridgehead atoms. The third-order valence-electron chi connectivity index (χ3n) is 1.70. The van der Waals surface area contributed by atoms with Crippen LogP contribution in [-0.2, 0) is 0 Å². The van der Waals surface area contributed by atoms with E-state index in [9.17, 15) is 4.79 Å². The molecule has 0 aliphatic rings. The van der Waals surface area contributed by atoms with E-state index < -0.39 is 0 Å². The highest BCUT2D eigenvalue weighted by Crippen LogP contribution is 2.22. The highest BCUT2D eigenvalue weighted by Gasteiger charge is 2.05. The largest absolute Gasteiger partial charge is 0.508 e. The first kappa shape index (κ1) is 11.2. The Hall–Kier alpha value is -1.91. The fourth-order valence-electron chi connectivity index (χ4n) is 1.08. The maximum absolute atomic E-state index is 11.3. The number of phenols is 1. The summed E-state index contributed by atoms with van der Waals surface area (Å²) < 4.78 is 0. The number of rotatable bonds is 2. The van der Waals surface area contributed by atoms with E-state index in [-0.39, 0.29) is 17.8 Å². The number of amides is 2. The summed E-state index contributed by atoms with van der Waals surface area (Å²) in [5.41, 5.74) is 6.40. The van der Waals surface area contributed by atoms with E-state index in [1.54, 1.807) is 6.07 Å². The molecule has 0 atom stereocenters. The number of nitrogen functional groups attached to an aromatic ring is 1. The fraction of sp³-hybridized carbons (Fsp3) is 0.300. The van der Waals surface area contributed by atoms with Crippen molar-refractivity contribution in [3.63, 3.8) is 0 Å². The summed E-state index contributed by atoms with van der Waals surface area (Å²) in [5.74, 6) is 0.0716. The Labute approximate surface area is 88.3 Å². The third-order valence-corrected chi connectivity index (χ3v) is 1.70. The molecule has 0 spiro atoms. The summed E-state index contributed by atoms with van der Waals surface area (Å²) in [5, 5.41) is 14.4. The van der Waals surface area contributed by atoms with Crippen LogP contribution in [0.15, 0.2) is 18.2 Å². The first-order valence-corrected chi connectivity index (χ1v) is 4.65. The minimum Gasteiger partial charge on any atom is -0.508 e. The summed E-state index contributed by atoms with van der Waals surface area (Å²) in [6.07, 6.45) is 0. The van der Waals surface area contributed by atoms with E-state index in [0.717, 1.165) is 0 Å². The zero-order valence-electron chi connectivity index (χ0n) is 8.74. The number of anilines is 2. The van der Waals surface area contributed by atoms with Crippen LogP contribution in [0.25, 0.3) is 0 Å². The van der Waals surface area contributed by atoms with Crippen molar-refractivity contribution in [1.29, 1.82) is 0 Å². The van der Waals surface area contributed by atoms with Crippen LogP contribution < -0.4 is 16.4 Å². The molecule has 0 aliphatic carbocycles. The number of nitrogens with two attached hydrogens (primary N) is 1. The Morgan fingerprint density at radius 1 is 1.47 bits per heavy atom. The van der Waals surface area contributed by atoms with Crippen LogP contribution in [0, 0.1) is 0 Å². The standard InChI is InChI=1S/C10H15N3O2/c1-6(2)12-10(15)13-9-4-3-7(14)5-8(9)11/h3-6,14H,11H2,1-2H3,(H2,12,13,15). The van der Waals surface area contributed by atoms with Gasteiger partial charge in [-0.1, -0.05) is 0 Å². The lowest BCUT2D eigenvalue weighted by molar-refractivity contribution is 0.250. The van der Waals surface area contributed by atoms with Gasteiger partial charge in [-0.2, -0.15) is 0 Å².